The second-order valence-electron chi connectivity index (χ2n) is 7.10. The molecule has 0 unspecified atom stereocenters. The maximum Gasteiger partial charge on any atom is 0.142 e. The van der Waals surface area contributed by atoms with Gasteiger partial charge in [0, 0.05) is 32.4 Å². The summed E-state index contributed by atoms with van der Waals surface area (Å²) >= 11 is 0. The zero-order valence-electron chi connectivity index (χ0n) is 15.3. The molecule has 3 aromatic rings. The minimum atomic E-state index is 0. The monoisotopic (exact) mass is 371 g/mol. The van der Waals surface area contributed by atoms with Crippen LogP contribution in [-0.4, -0.2) is 46.0 Å². The number of aromatic nitrogens is 3. The van der Waals surface area contributed by atoms with Gasteiger partial charge in [0.05, 0.1) is 5.39 Å². The molecule has 138 valence electrons. The summed E-state index contributed by atoms with van der Waals surface area (Å²) in [6.07, 6.45) is 4.80. The number of halogens is 1. The maximum atomic E-state index is 4.57. The number of benzene rings is 1. The Kier molecular flexibility index (Phi) is 5.79. The standard InChI is InChI=1S/C20H25N5.ClH/c1-15-9-11-25(12-16-6-4-3-5-7-16)13-18(15)24(2)20-17-8-10-21-19(17)22-14-23-20;/h3-8,10,14-15,18H,9,11-13H2,1-2H3,(H,21,22,23);1H/t15-,18+;/m1./s1. The lowest BCUT2D eigenvalue weighted by Crippen LogP contribution is -2.50. The summed E-state index contributed by atoms with van der Waals surface area (Å²) in [5.41, 5.74) is 2.29. The normalized spacial score (nSPS) is 20.7. The summed E-state index contributed by atoms with van der Waals surface area (Å²) in [6, 6.07) is 13.3. The van der Waals surface area contributed by atoms with Crippen LogP contribution in [0.15, 0.2) is 48.9 Å². The van der Waals surface area contributed by atoms with E-state index in [1.807, 2.05) is 6.20 Å². The molecular weight excluding hydrogens is 346 g/mol. The lowest BCUT2D eigenvalue weighted by molar-refractivity contribution is 0.159. The Hall–Kier alpha value is -2.11. The van der Waals surface area contributed by atoms with Crippen molar-refractivity contribution in [2.24, 2.45) is 5.92 Å². The first-order valence-electron chi connectivity index (χ1n) is 8.99. The first-order chi connectivity index (χ1) is 12.2. The van der Waals surface area contributed by atoms with Crippen molar-refractivity contribution in [3.05, 3.63) is 54.5 Å². The van der Waals surface area contributed by atoms with Crippen LogP contribution in [0.1, 0.15) is 18.9 Å². The molecule has 3 heterocycles. The number of H-pyrrole nitrogens is 1. The summed E-state index contributed by atoms with van der Waals surface area (Å²) in [4.78, 5) is 17.0. The van der Waals surface area contributed by atoms with E-state index in [2.05, 4.69) is 75.1 Å². The highest BCUT2D eigenvalue weighted by atomic mass is 35.5. The van der Waals surface area contributed by atoms with E-state index in [-0.39, 0.29) is 12.4 Å². The van der Waals surface area contributed by atoms with E-state index < -0.39 is 0 Å². The molecule has 0 amide bonds. The SMILES string of the molecule is C[C@@H]1CCN(Cc2ccccc2)C[C@@H]1N(C)c1ncnc2[nH]ccc12.Cl. The van der Waals surface area contributed by atoms with Crippen molar-refractivity contribution in [1.29, 1.82) is 0 Å². The van der Waals surface area contributed by atoms with E-state index >= 15 is 0 Å². The number of aromatic amines is 1. The molecule has 1 fully saturated rings. The Morgan fingerprint density at radius 3 is 2.81 bits per heavy atom. The van der Waals surface area contributed by atoms with Crippen molar-refractivity contribution < 1.29 is 0 Å². The van der Waals surface area contributed by atoms with Gasteiger partial charge >= 0.3 is 0 Å². The Morgan fingerprint density at radius 1 is 1.19 bits per heavy atom. The van der Waals surface area contributed by atoms with Crippen molar-refractivity contribution >= 4 is 29.3 Å². The molecule has 1 aliphatic heterocycles. The van der Waals surface area contributed by atoms with Crippen LogP contribution in [0.2, 0.25) is 0 Å². The summed E-state index contributed by atoms with van der Waals surface area (Å²) in [5, 5.41) is 1.09. The third kappa shape index (κ3) is 3.69. The van der Waals surface area contributed by atoms with E-state index in [1.54, 1.807) is 6.33 Å². The molecule has 2 atom stereocenters. The van der Waals surface area contributed by atoms with Gasteiger partial charge in [-0.15, -0.1) is 12.4 Å². The Balaban J connectivity index is 0.00000196. The zero-order valence-corrected chi connectivity index (χ0v) is 16.1. The van der Waals surface area contributed by atoms with Gasteiger partial charge in [0.15, 0.2) is 0 Å². The van der Waals surface area contributed by atoms with Crippen LogP contribution in [0, 0.1) is 5.92 Å². The molecule has 1 N–H and O–H groups in total. The van der Waals surface area contributed by atoms with Crippen LogP contribution in [0.4, 0.5) is 5.82 Å². The first kappa shape index (κ1) is 18.7. The number of rotatable bonds is 4. The first-order valence-corrected chi connectivity index (χ1v) is 8.99. The highest BCUT2D eigenvalue weighted by Gasteiger charge is 2.30. The molecule has 0 radical (unpaired) electrons. The summed E-state index contributed by atoms with van der Waals surface area (Å²) in [6.45, 7) is 5.59. The lowest BCUT2D eigenvalue weighted by atomic mass is 9.92. The molecule has 6 heteroatoms. The van der Waals surface area contributed by atoms with Gasteiger partial charge < -0.3 is 9.88 Å². The predicted octanol–water partition coefficient (Wildman–Crippen LogP) is 3.73. The Bertz CT molecular complexity index is 834. The number of nitrogens with one attached hydrogen (secondary N) is 1. The number of fused-ring (bicyclic) bond motifs is 1. The van der Waals surface area contributed by atoms with Gasteiger partial charge in [0.25, 0.3) is 0 Å². The van der Waals surface area contributed by atoms with E-state index in [9.17, 15) is 0 Å². The molecule has 0 spiro atoms. The minimum Gasteiger partial charge on any atom is -0.354 e. The molecule has 1 saturated heterocycles. The number of nitrogens with zero attached hydrogens (tertiary/aromatic N) is 4. The molecule has 1 aromatic carbocycles. The van der Waals surface area contributed by atoms with E-state index in [1.165, 1.54) is 12.0 Å². The third-order valence-corrected chi connectivity index (χ3v) is 5.42. The fourth-order valence-electron chi connectivity index (χ4n) is 3.90. The summed E-state index contributed by atoms with van der Waals surface area (Å²) in [5.74, 6) is 1.66. The summed E-state index contributed by atoms with van der Waals surface area (Å²) in [7, 11) is 2.17. The van der Waals surface area contributed by atoms with Crippen LogP contribution < -0.4 is 4.90 Å². The fourth-order valence-corrected chi connectivity index (χ4v) is 3.90. The van der Waals surface area contributed by atoms with Crippen LogP contribution in [0.3, 0.4) is 0 Å². The number of hydrogen-bond acceptors (Lipinski definition) is 4. The molecule has 0 bridgehead atoms. The lowest BCUT2D eigenvalue weighted by Gasteiger charge is -2.42. The van der Waals surface area contributed by atoms with Crippen LogP contribution >= 0.6 is 12.4 Å². The van der Waals surface area contributed by atoms with Crippen molar-refractivity contribution in [2.45, 2.75) is 25.9 Å². The van der Waals surface area contributed by atoms with Crippen molar-refractivity contribution in [1.82, 2.24) is 19.9 Å². The molecule has 26 heavy (non-hydrogen) atoms. The molecule has 0 aliphatic carbocycles. The van der Waals surface area contributed by atoms with Crippen LogP contribution in [0.5, 0.6) is 0 Å². The Labute approximate surface area is 160 Å². The smallest absolute Gasteiger partial charge is 0.142 e. The predicted molar refractivity (Wildman–Crippen MR) is 109 cm³/mol. The van der Waals surface area contributed by atoms with Gasteiger partial charge in [0.2, 0.25) is 0 Å². The second kappa shape index (κ2) is 8.06. The molecule has 4 rings (SSSR count). The number of anilines is 1. The summed E-state index contributed by atoms with van der Waals surface area (Å²) < 4.78 is 0. The van der Waals surface area contributed by atoms with Gasteiger partial charge in [-0.2, -0.15) is 0 Å². The van der Waals surface area contributed by atoms with Crippen LogP contribution in [-0.2, 0) is 6.54 Å². The van der Waals surface area contributed by atoms with Crippen molar-refractivity contribution in [3.8, 4) is 0 Å². The van der Waals surface area contributed by atoms with Crippen molar-refractivity contribution in [3.63, 3.8) is 0 Å². The average Bonchev–Trinajstić information content (AvgIpc) is 3.12. The maximum absolute atomic E-state index is 4.57. The number of hydrogen-bond donors (Lipinski definition) is 1. The van der Waals surface area contributed by atoms with Gasteiger partial charge in [-0.25, -0.2) is 9.97 Å². The highest BCUT2D eigenvalue weighted by molar-refractivity contribution is 5.87. The number of likely N-dealkylation sites (tertiary alicyclic amines) is 1. The third-order valence-electron chi connectivity index (χ3n) is 5.42. The highest BCUT2D eigenvalue weighted by Crippen LogP contribution is 2.29. The van der Waals surface area contributed by atoms with E-state index in [0.29, 0.717) is 12.0 Å². The Morgan fingerprint density at radius 2 is 2.00 bits per heavy atom. The van der Waals surface area contributed by atoms with Gasteiger partial charge in [0.1, 0.15) is 17.8 Å². The molecule has 0 saturated carbocycles. The number of likely N-dealkylation sites (N-methyl/N-ethyl adjacent to an activating group) is 1. The van der Waals surface area contributed by atoms with Crippen LogP contribution in [0.25, 0.3) is 11.0 Å². The molecule has 5 nitrogen and oxygen atoms in total. The molecular formula is C20H26ClN5. The van der Waals surface area contributed by atoms with E-state index in [0.717, 1.165) is 36.5 Å². The zero-order chi connectivity index (χ0) is 17.2. The van der Waals surface area contributed by atoms with Gasteiger partial charge in [-0.05, 0) is 30.5 Å². The second-order valence-corrected chi connectivity index (χ2v) is 7.10. The average molecular weight is 372 g/mol. The minimum absolute atomic E-state index is 0. The largest absolute Gasteiger partial charge is 0.354 e. The van der Waals surface area contributed by atoms with E-state index in [4.69, 9.17) is 0 Å². The van der Waals surface area contributed by atoms with Crippen molar-refractivity contribution in [2.75, 3.05) is 25.0 Å². The topological polar surface area (TPSA) is 48.1 Å². The van der Waals surface area contributed by atoms with Gasteiger partial charge in [-0.3, -0.25) is 4.90 Å². The molecule has 1 aliphatic rings. The fraction of sp³-hybridized carbons (Fsp3) is 0.400. The quantitative estimate of drug-likeness (QED) is 0.759. The number of piperidine rings is 1. The molecule has 2 aromatic heterocycles. The van der Waals surface area contributed by atoms with Gasteiger partial charge in [-0.1, -0.05) is 37.3 Å².